The van der Waals surface area contributed by atoms with E-state index in [0.29, 0.717) is 11.5 Å². The van der Waals surface area contributed by atoms with Crippen LogP contribution < -0.4 is 0 Å². The first-order valence-corrected chi connectivity index (χ1v) is 9.75. The minimum Gasteiger partial charge on any atom is -0.338 e. The van der Waals surface area contributed by atoms with Crippen molar-refractivity contribution in [2.75, 3.05) is 20.1 Å². The van der Waals surface area contributed by atoms with Crippen molar-refractivity contribution in [1.82, 2.24) is 24.6 Å². The summed E-state index contributed by atoms with van der Waals surface area (Å²) in [4.78, 5) is 21.6. The van der Waals surface area contributed by atoms with Crippen LogP contribution in [0, 0.1) is 12.3 Å². The van der Waals surface area contributed by atoms with Gasteiger partial charge in [0, 0.05) is 44.0 Å². The summed E-state index contributed by atoms with van der Waals surface area (Å²) in [5.74, 6) is 0.133. The lowest BCUT2D eigenvalue weighted by Crippen LogP contribution is -2.41. The predicted octanol–water partition coefficient (Wildman–Crippen LogP) is 2.31. The number of carbonyl (C=O) groups excluding carboxylic acids is 1. The maximum Gasteiger partial charge on any atom is 0.257 e. The second kappa shape index (κ2) is 6.21. The molecule has 0 N–H and O–H groups in total. The number of hydrogen-bond donors (Lipinski definition) is 0. The fourth-order valence-corrected chi connectivity index (χ4v) is 4.96. The Morgan fingerprint density at radius 3 is 2.80 bits per heavy atom. The standard InChI is InChI=1S/C18H25N5OS/c1-13-14(11-22(3)20-13)17(24)23-7-4-18(5-8-23)10-15(18)21(2)12-16-19-6-9-25-16/h6,9,11,15H,4-5,7-8,10,12H2,1-3H3/t15-/m0/s1. The zero-order valence-corrected chi connectivity index (χ0v) is 15.9. The van der Waals surface area contributed by atoms with Crippen molar-refractivity contribution in [3.05, 3.63) is 34.0 Å². The van der Waals surface area contributed by atoms with Crippen LogP contribution in [0.25, 0.3) is 0 Å². The fourth-order valence-electron chi connectivity index (χ4n) is 4.28. The van der Waals surface area contributed by atoms with Crippen LogP contribution >= 0.6 is 11.3 Å². The van der Waals surface area contributed by atoms with Gasteiger partial charge in [0.2, 0.25) is 0 Å². The van der Waals surface area contributed by atoms with Gasteiger partial charge in [0.05, 0.1) is 17.8 Å². The maximum absolute atomic E-state index is 12.7. The van der Waals surface area contributed by atoms with E-state index in [1.165, 1.54) is 11.4 Å². The highest BCUT2D eigenvalue weighted by Crippen LogP contribution is 2.56. The van der Waals surface area contributed by atoms with Crippen molar-refractivity contribution >= 4 is 17.2 Å². The van der Waals surface area contributed by atoms with Crippen LogP contribution in [-0.2, 0) is 13.6 Å². The lowest BCUT2D eigenvalue weighted by molar-refractivity contribution is 0.0657. The number of likely N-dealkylation sites (tertiary alicyclic amines) is 1. The molecule has 0 radical (unpaired) electrons. The highest BCUT2D eigenvalue weighted by molar-refractivity contribution is 7.09. The molecule has 1 spiro atoms. The van der Waals surface area contributed by atoms with E-state index in [-0.39, 0.29) is 5.91 Å². The van der Waals surface area contributed by atoms with Crippen molar-refractivity contribution in [1.29, 1.82) is 0 Å². The van der Waals surface area contributed by atoms with Gasteiger partial charge in [-0.25, -0.2) is 4.98 Å². The number of hydrogen-bond acceptors (Lipinski definition) is 5. The Kier molecular flexibility index (Phi) is 4.16. The number of thiazole rings is 1. The summed E-state index contributed by atoms with van der Waals surface area (Å²) in [5.41, 5.74) is 1.97. The Bertz CT molecular complexity index is 761. The zero-order valence-electron chi connectivity index (χ0n) is 15.1. The van der Waals surface area contributed by atoms with Crippen molar-refractivity contribution in [2.24, 2.45) is 12.5 Å². The molecule has 1 amide bonds. The first kappa shape index (κ1) is 16.7. The summed E-state index contributed by atoms with van der Waals surface area (Å²) in [6, 6.07) is 0.633. The Morgan fingerprint density at radius 2 is 2.20 bits per heavy atom. The van der Waals surface area contributed by atoms with E-state index in [1.807, 2.05) is 36.6 Å². The second-order valence-corrected chi connectivity index (χ2v) is 8.50. The number of amides is 1. The molecule has 7 heteroatoms. The Morgan fingerprint density at radius 1 is 1.44 bits per heavy atom. The van der Waals surface area contributed by atoms with Gasteiger partial charge in [-0.2, -0.15) is 5.10 Å². The molecule has 0 unspecified atom stereocenters. The molecule has 1 aliphatic carbocycles. The minimum absolute atomic E-state index is 0.133. The van der Waals surface area contributed by atoms with E-state index in [1.54, 1.807) is 16.0 Å². The van der Waals surface area contributed by atoms with Crippen molar-refractivity contribution in [2.45, 2.75) is 38.8 Å². The minimum atomic E-state index is 0.133. The highest BCUT2D eigenvalue weighted by atomic mass is 32.1. The molecule has 2 aromatic heterocycles. The van der Waals surface area contributed by atoms with Crippen LogP contribution in [0.1, 0.15) is 40.3 Å². The van der Waals surface area contributed by atoms with E-state index >= 15 is 0 Å². The van der Waals surface area contributed by atoms with Gasteiger partial charge >= 0.3 is 0 Å². The molecule has 134 valence electrons. The summed E-state index contributed by atoms with van der Waals surface area (Å²) < 4.78 is 1.72. The van der Waals surface area contributed by atoms with E-state index in [0.717, 1.165) is 43.7 Å². The third kappa shape index (κ3) is 3.11. The largest absolute Gasteiger partial charge is 0.338 e. The number of aromatic nitrogens is 3. The maximum atomic E-state index is 12.7. The van der Waals surface area contributed by atoms with Gasteiger partial charge in [0.25, 0.3) is 5.91 Å². The lowest BCUT2D eigenvalue weighted by atomic mass is 9.92. The second-order valence-electron chi connectivity index (χ2n) is 7.52. The average molecular weight is 359 g/mol. The Labute approximate surface area is 152 Å². The summed E-state index contributed by atoms with van der Waals surface area (Å²) in [7, 11) is 4.07. The molecule has 1 saturated carbocycles. The van der Waals surface area contributed by atoms with Crippen molar-refractivity contribution in [3.8, 4) is 0 Å². The van der Waals surface area contributed by atoms with Crippen LogP contribution in [0.4, 0.5) is 0 Å². The molecule has 1 atom stereocenters. The van der Waals surface area contributed by atoms with Gasteiger partial charge in [0.15, 0.2) is 0 Å². The quantitative estimate of drug-likeness (QED) is 0.841. The topological polar surface area (TPSA) is 54.3 Å². The normalized spacial score (nSPS) is 21.9. The van der Waals surface area contributed by atoms with E-state index in [9.17, 15) is 4.79 Å². The molecule has 1 saturated heterocycles. The van der Waals surface area contributed by atoms with Crippen LogP contribution in [0.5, 0.6) is 0 Å². The molecular formula is C18H25N5OS. The van der Waals surface area contributed by atoms with Crippen molar-refractivity contribution in [3.63, 3.8) is 0 Å². The average Bonchev–Trinajstić information content (AvgIpc) is 2.92. The zero-order chi connectivity index (χ0) is 17.6. The number of carbonyl (C=O) groups is 1. The van der Waals surface area contributed by atoms with Crippen LogP contribution in [0.15, 0.2) is 17.8 Å². The van der Waals surface area contributed by atoms with Gasteiger partial charge < -0.3 is 4.90 Å². The first-order valence-electron chi connectivity index (χ1n) is 8.87. The molecule has 1 aliphatic heterocycles. The third-order valence-corrected chi connectivity index (χ3v) is 6.60. The van der Waals surface area contributed by atoms with Gasteiger partial charge in [-0.05, 0) is 38.6 Å². The summed E-state index contributed by atoms with van der Waals surface area (Å²) in [6.07, 6.45) is 7.17. The number of rotatable bonds is 4. The molecule has 0 aromatic carbocycles. The van der Waals surface area contributed by atoms with E-state index in [2.05, 4.69) is 22.0 Å². The molecule has 3 heterocycles. The van der Waals surface area contributed by atoms with Crippen molar-refractivity contribution < 1.29 is 4.79 Å². The fraction of sp³-hybridized carbons (Fsp3) is 0.611. The van der Waals surface area contributed by atoms with Crippen LogP contribution in [-0.4, -0.2) is 56.7 Å². The molecule has 0 bridgehead atoms. The summed E-state index contributed by atoms with van der Waals surface area (Å²) >= 11 is 1.72. The van der Waals surface area contributed by atoms with E-state index < -0.39 is 0 Å². The molecule has 4 rings (SSSR count). The number of nitrogens with zero attached hydrogens (tertiary/aromatic N) is 5. The molecule has 25 heavy (non-hydrogen) atoms. The SMILES string of the molecule is Cc1nn(C)cc1C(=O)N1CCC2(CC1)C[C@@H]2N(C)Cc1nccs1. The number of piperidine rings is 1. The molecule has 2 fully saturated rings. The van der Waals surface area contributed by atoms with Gasteiger partial charge in [-0.15, -0.1) is 11.3 Å². The molecule has 6 nitrogen and oxygen atoms in total. The highest BCUT2D eigenvalue weighted by Gasteiger charge is 2.56. The summed E-state index contributed by atoms with van der Waals surface area (Å²) in [6.45, 7) is 4.55. The smallest absolute Gasteiger partial charge is 0.257 e. The first-order chi connectivity index (χ1) is 12.0. The predicted molar refractivity (Wildman–Crippen MR) is 97.5 cm³/mol. The summed E-state index contributed by atoms with van der Waals surface area (Å²) in [5, 5.41) is 7.52. The van der Waals surface area contributed by atoms with Crippen LogP contribution in [0.2, 0.25) is 0 Å². The Balaban J connectivity index is 1.34. The Hall–Kier alpha value is -1.73. The molecule has 2 aromatic rings. The van der Waals surface area contributed by atoms with Gasteiger partial charge in [0.1, 0.15) is 5.01 Å². The lowest BCUT2D eigenvalue weighted by Gasteiger charge is -2.34. The van der Waals surface area contributed by atoms with Gasteiger partial charge in [-0.3, -0.25) is 14.4 Å². The monoisotopic (exact) mass is 359 g/mol. The number of aryl methyl sites for hydroxylation is 2. The van der Waals surface area contributed by atoms with Gasteiger partial charge in [-0.1, -0.05) is 0 Å². The molecular weight excluding hydrogens is 334 g/mol. The van der Waals surface area contributed by atoms with E-state index in [4.69, 9.17) is 0 Å². The van der Waals surface area contributed by atoms with Crippen LogP contribution in [0.3, 0.4) is 0 Å². The molecule has 2 aliphatic rings. The third-order valence-electron chi connectivity index (χ3n) is 5.84.